The van der Waals surface area contributed by atoms with Crippen LogP contribution >= 0.6 is 11.3 Å². The Kier molecular flexibility index (Phi) is 5.63. The molecule has 0 saturated carbocycles. The smallest absolute Gasteiger partial charge is 0.222 e. The maximum Gasteiger partial charge on any atom is 0.222 e. The van der Waals surface area contributed by atoms with Crippen molar-refractivity contribution in [1.82, 2.24) is 4.90 Å². The Hall–Kier alpha value is -1.72. The summed E-state index contributed by atoms with van der Waals surface area (Å²) in [6.07, 6.45) is 2.87. The van der Waals surface area contributed by atoms with E-state index in [4.69, 9.17) is 4.74 Å². The topological polar surface area (TPSA) is 29.5 Å². The van der Waals surface area contributed by atoms with E-state index in [1.807, 2.05) is 23.4 Å². The predicted molar refractivity (Wildman–Crippen MR) is 93.5 cm³/mol. The van der Waals surface area contributed by atoms with Gasteiger partial charge in [0, 0.05) is 31.0 Å². The molecule has 0 N–H and O–H groups in total. The number of nitrogens with zero attached hydrogens (tertiary/aromatic N) is 1. The van der Waals surface area contributed by atoms with E-state index in [2.05, 4.69) is 6.07 Å². The van der Waals surface area contributed by atoms with Crippen molar-refractivity contribution in [3.05, 3.63) is 58.0 Å². The van der Waals surface area contributed by atoms with E-state index in [9.17, 15) is 9.18 Å². The normalized spacial score (nSPS) is 20.8. The summed E-state index contributed by atoms with van der Waals surface area (Å²) < 4.78 is 18.9. The van der Waals surface area contributed by atoms with Gasteiger partial charge in [-0.2, -0.15) is 0 Å². The van der Waals surface area contributed by atoms with Crippen LogP contribution in [0.5, 0.6) is 0 Å². The molecule has 0 radical (unpaired) electrons. The molecular formula is C19H22FNO2S. The van der Waals surface area contributed by atoms with Crippen LogP contribution in [0.15, 0.2) is 41.8 Å². The minimum absolute atomic E-state index is 0.0723. The number of carbonyl (C=O) groups excluding carboxylic acids is 1. The van der Waals surface area contributed by atoms with Crippen LogP contribution in [0.3, 0.4) is 0 Å². The van der Waals surface area contributed by atoms with Crippen LogP contribution in [0, 0.1) is 5.82 Å². The molecule has 1 aliphatic rings. The van der Waals surface area contributed by atoms with E-state index in [1.165, 1.54) is 17.0 Å². The third kappa shape index (κ3) is 4.22. The van der Waals surface area contributed by atoms with Crippen molar-refractivity contribution in [3.63, 3.8) is 0 Å². The monoisotopic (exact) mass is 347 g/mol. The highest BCUT2D eigenvalue weighted by Gasteiger charge is 2.28. The molecule has 3 rings (SSSR count). The number of carbonyl (C=O) groups is 1. The van der Waals surface area contributed by atoms with Gasteiger partial charge in [0.25, 0.3) is 0 Å². The number of benzene rings is 1. The average Bonchev–Trinajstić information content (AvgIpc) is 3.13. The van der Waals surface area contributed by atoms with Gasteiger partial charge in [-0.05, 0) is 48.4 Å². The quantitative estimate of drug-likeness (QED) is 0.811. The highest BCUT2D eigenvalue weighted by atomic mass is 32.1. The number of hydrogen-bond donors (Lipinski definition) is 0. The first-order chi connectivity index (χ1) is 11.6. The molecule has 0 bridgehead atoms. The molecule has 2 atom stereocenters. The lowest BCUT2D eigenvalue weighted by molar-refractivity contribution is -0.135. The van der Waals surface area contributed by atoms with Gasteiger partial charge in [0.15, 0.2) is 0 Å². The number of rotatable bonds is 5. The molecule has 1 aliphatic heterocycles. The second-order valence-electron chi connectivity index (χ2n) is 6.17. The zero-order valence-corrected chi connectivity index (χ0v) is 14.6. The number of hydrogen-bond acceptors (Lipinski definition) is 3. The number of amides is 1. The molecule has 24 heavy (non-hydrogen) atoms. The third-order valence-corrected chi connectivity index (χ3v) is 5.54. The number of aryl methyl sites for hydroxylation is 1. The number of halogens is 1. The van der Waals surface area contributed by atoms with E-state index in [0.717, 1.165) is 24.8 Å². The molecule has 5 heteroatoms. The van der Waals surface area contributed by atoms with E-state index in [0.29, 0.717) is 13.0 Å². The molecule has 1 amide bonds. The molecule has 1 fully saturated rings. The predicted octanol–water partition coefficient (Wildman–Crippen LogP) is 4.20. The Morgan fingerprint density at radius 2 is 2.12 bits per heavy atom. The first kappa shape index (κ1) is 17.1. The molecule has 0 spiro atoms. The Bertz CT molecular complexity index is 657. The van der Waals surface area contributed by atoms with Crippen LogP contribution in [0.25, 0.3) is 0 Å². The Balaban J connectivity index is 1.56. The Morgan fingerprint density at radius 3 is 2.83 bits per heavy atom. The fourth-order valence-corrected chi connectivity index (χ4v) is 3.81. The minimum Gasteiger partial charge on any atom is -0.373 e. The van der Waals surface area contributed by atoms with Crippen molar-refractivity contribution in [2.24, 2.45) is 0 Å². The number of ether oxygens (including phenoxy) is 1. The lowest BCUT2D eigenvalue weighted by Gasteiger charge is -2.35. The van der Waals surface area contributed by atoms with E-state index >= 15 is 0 Å². The van der Waals surface area contributed by atoms with Crippen molar-refractivity contribution >= 4 is 17.2 Å². The molecular weight excluding hydrogens is 325 g/mol. The molecule has 2 heterocycles. The summed E-state index contributed by atoms with van der Waals surface area (Å²) >= 11 is 1.69. The fourth-order valence-electron chi connectivity index (χ4n) is 3.11. The number of thiophene rings is 1. The molecule has 3 nitrogen and oxygen atoms in total. The zero-order chi connectivity index (χ0) is 16.9. The van der Waals surface area contributed by atoms with Gasteiger partial charge in [0.05, 0.1) is 6.10 Å². The summed E-state index contributed by atoms with van der Waals surface area (Å²) in [5.41, 5.74) is 0.973. The van der Waals surface area contributed by atoms with Crippen LogP contribution in [-0.2, 0) is 16.0 Å². The van der Waals surface area contributed by atoms with Gasteiger partial charge < -0.3 is 9.64 Å². The van der Waals surface area contributed by atoms with Crippen LogP contribution in [0.1, 0.15) is 35.8 Å². The molecule has 1 saturated heterocycles. The van der Waals surface area contributed by atoms with Gasteiger partial charge in [-0.3, -0.25) is 4.79 Å². The largest absolute Gasteiger partial charge is 0.373 e. The first-order valence-electron chi connectivity index (χ1n) is 8.28. The first-order valence-corrected chi connectivity index (χ1v) is 9.16. The van der Waals surface area contributed by atoms with Crippen molar-refractivity contribution in [1.29, 1.82) is 0 Å². The van der Waals surface area contributed by atoms with Gasteiger partial charge in [0.1, 0.15) is 5.82 Å². The van der Waals surface area contributed by atoms with Gasteiger partial charge >= 0.3 is 0 Å². The van der Waals surface area contributed by atoms with Gasteiger partial charge in [0.2, 0.25) is 5.91 Å². The van der Waals surface area contributed by atoms with E-state index in [1.54, 1.807) is 23.5 Å². The molecule has 1 aromatic heterocycles. The van der Waals surface area contributed by atoms with Crippen molar-refractivity contribution < 1.29 is 13.9 Å². The van der Waals surface area contributed by atoms with Crippen molar-refractivity contribution in [2.75, 3.05) is 13.7 Å². The van der Waals surface area contributed by atoms with Crippen LogP contribution in [0.4, 0.5) is 4.39 Å². The summed E-state index contributed by atoms with van der Waals surface area (Å²) in [5.74, 6) is -0.0693. The average molecular weight is 347 g/mol. The fraction of sp³-hybridized carbons (Fsp3) is 0.421. The highest BCUT2D eigenvalue weighted by Crippen LogP contribution is 2.30. The third-order valence-electron chi connectivity index (χ3n) is 4.60. The Morgan fingerprint density at radius 1 is 1.33 bits per heavy atom. The lowest BCUT2D eigenvalue weighted by Crippen LogP contribution is -2.41. The molecule has 0 unspecified atom stereocenters. The summed E-state index contributed by atoms with van der Waals surface area (Å²) in [7, 11) is 1.88. The summed E-state index contributed by atoms with van der Waals surface area (Å²) in [4.78, 5) is 15.6. The molecule has 2 aromatic rings. The molecule has 128 valence electrons. The van der Waals surface area contributed by atoms with Gasteiger partial charge in [-0.1, -0.05) is 18.2 Å². The van der Waals surface area contributed by atoms with Gasteiger partial charge in [-0.15, -0.1) is 11.3 Å². The second kappa shape index (κ2) is 7.90. The summed E-state index contributed by atoms with van der Waals surface area (Å²) in [6, 6.07) is 10.7. The highest BCUT2D eigenvalue weighted by molar-refractivity contribution is 7.09. The van der Waals surface area contributed by atoms with Gasteiger partial charge in [-0.25, -0.2) is 4.39 Å². The minimum atomic E-state index is -0.244. The van der Waals surface area contributed by atoms with E-state index < -0.39 is 0 Å². The van der Waals surface area contributed by atoms with Crippen molar-refractivity contribution in [2.45, 2.75) is 37.8 Å². The standard InChI is InChI=1S/C19H22FNO2S/c1-21(19(22)9-8-17-3-2-12-24-17)16-10-11-23-18(13-16)14-4-6-15(20)7-5-14/h2-7,12,16,18H,8-11,13H2,1H3/t16-,18-/m1/s1. The molecule has 1 aromatic carbocycles. The maximum atomic E-state index is 13.1. The zero-order valence-electron chi connectivity index (χ0n) is 13.8. The van der Waals surface area contributed by atoms with Crippen LogP contribution < -0.4 is 0 Å². The molecule has 0 aliphatic carbocycles. The second-order valence-corrected chi connectivity index (χ2v) is 7.21. The van der Waals surface area contributed by atoms with Crippen molar-refractivity contribution in [3.8, 4) is 0 Å². The maximum absolute atomic E-state index is 13.1. The van der Waals surface area contributed by atoms with E-state index in [-0.39, 0.29) is 23.9 Å². The summed E-state index contributed by atoms with van der Waals surface area (Å²) in [5, 5.41) is 2.04. The summed E-state index contributed by atoms with van der Waals surface area (Å²) in [6.45, 7) is 0.620. The Labute approximate surface area is 146 Å². The lowest BCUT2D eigenvalue weighted by atomic mass is 9.96. The SMILES string of the molecule is CN(C(=O)CCc1cccs1)[C@@H]1CCO[C@@H](c2ccc(F)cc2)C1. The van der Waals surface area contributed by atoms with Crippen LogP contribution in [0.2, 0.25) is 0 Å². The van der Waals surface area contributed by atoms with Crippen LogP contribution in [-0.4, -0.2) is 30.5 Å².